The topological polar surface area (TPSA) is 24.3 Å². The van der Waals surface area contributed by atoms with E-state index in [4.69, 9.17) is 11.6 Å². The molecule has 3 heterocycles. The van der Waals surface area contributed by atoms with E-state index in [1.807, 2.05) is 11.7 Å². The highest BCUT2D eigenvalue weighted by Crippen LogP contribution is 2.26. The Kier molecular flexibility index (Phi) is 4.87. The average Bonchev–Trinajstić information content (AvgIpc) is 3.08. The number of likely N-dealkylation sites (tertiary alicyclic amines) is 2. The maximum absolute atomic E-state index is 6.42. The molecular formula is C16H27ClN4. The number of halogens is 1. The molecule has 118 valence electrons. The first-order valence-corrected chi connectivity index (χ1v) is 8.73. The smallest absolute Gasteiger partial charge is 0.131 e. The first-order valence-electron chi connectivity index (χ1n) is 8.35. The predicted octanol–water partition coefficient (Wildman–Crippen LogP) is 2.70. The van der Waals surface area contributed by atoms with Crippen LogP contribution in [0.4, 0.5) is 0 Å². The van der Waals surface area contributed by atoms with E-state index in [2.05, 4.69) is 21.8 Å². The highest BCUT2D eigenvalue weighted by molar-refractivity contribution is 6.30. The van der Waals surface area contributed by atoms with Crippen LogP contribution >= 0.6 is 11.6 Å². The fourth-order valence-electron chi connectivity index (χ4n) is 3.80. The zero-order valence-corrected chi connectivity index (χ0v) is 14.1. The first kappa shape index (κ1) is 15.3. The molecule has 1 aromatic rings. The zero-order chi connectivity index (χ0) is 14.8. The molecule has 0 bridgehead atoms. The molecule has 0 N–H and O–H groups in total. The van der Waals surface area contributed by atoms with Gasteiger partial charge >= 0.3 is 0 Å². The summed E-state index contributed by atoms with van der Waals surface area (Å²) in [6.45, 7) is 8.09. The first-order chi connectivity index (χ1) is 10.2. The second kappa shape index (κ2) is 6.67. The van der Waals surface area contributed by atoms with Crippen molar-refractivity contribution in [3.8, 4) is 0 Å². The van der Waals surface area contributed by atoms with E-state index in [-0.39, 0.29) is 0 Å². The number of hydrogen-bond donors (Lipinski definition) is 0. The molecule has 0 amide bonds. The fourth-order valence-corrected chi connectivity index (χ4v) is 4.01. The summed E-state index contributed by atoms with van der Waals surface area (Å²) < 4.78 is 1.81. The molecule has 3 rings (SSSR count). The molecule has 21 heavy (non-hydrogen) atoms. The minimum absolute atomic E-state index is 0.755. The lowest BCUT2D eigenvalue weighted by Gasteiger charge is -2.32. The van der Waals surface area contributed by atoms with Gasteiger partial charge in [0.25, 0.3) is 0 Å². The van der Waals surface area contributed by atoms with E-state index >= 15 is 0 Å². The van der Waals surface area contributed by atoms with Crippen LogP contribution in [0, 0.1) is 0 Å². The van der Waals surface area contributed by atoms with E-state index in [1.165, 1.54) is 57.4 Å². The number of piperidine rings is 1. The molecule has 2 aliphatic rings. The summed E-state index contributed by atoms with van der Waals surface area (Å²) >= 11 is 6.42. The summed E-state index contributed by atoms with van der Waals surface area (Å²) in [5.41, 5.74) is 2.39. The molecule has 0 aromatic carbocycles. The highest BCUT2D eigenvalue weighted by Gasteiger charge is 2.29. The second-order valence-corrected chi connectivity index (χ2v) is 6.83. The largest absolute Gasteiger partial charge is 0.299 e. The lowest BCUT2D eigenvalue weighted by Crippen LogP contribution is -2.40. The summed E-state index contributed by atoms with van der Waals surface area (Å²) in [6, 6.07) is 0.755. The Bertz CT molecular complexity index is 479. The van der Waals surface area contributed by atoms with Crippen LogP contribution in [0.2, 0.25) is 5.15 Å². The monoisotopic (exact) mass is 310 g/mol. The Hall–Kier alpha value is -0.580. The van der Waals surface area contributed by atoms with Gasteiger partial charge in [-0.1, -0.05) is 24.9 Å². The number of hydrogen-bond acceptors (Lipinski definition) is 3. The molecule has 2 fully saturated rings. The molecule has 0 saturated carbocycles. The molecule has 0 unspecified atom stereocenters. The van der Waals surface area contributed by atoms with Gasteiger partial charge in [-0.05, 0) is 38.8 Å². The quantitative estimate of drug-likeness (QED) is 0.854. The number of aromatic nitrogens is 2. The van der Waals surface area contributed by atoms with Crippen molar-refractivity contribution in [1.82, 2.24) is 19.6 Å². The molecule has 5 heteroatoms. The summed E-state index contributed by atoms with van der Waals surface area (Å²) in [4.78, 5) is 5.26. The molecule has 4 nitrogen and oxygen atoms in total. The van der Waals surface area contributed by atoms with Crippen LogP contribution in [0.3, 0.4) is 0 Å². The van der Waals surface area contributed by atoms with Crippen LogP contribution in [0.25, 0.3) is 0 Å². The van der Waals surface area contributed by atoms with E-state index in [9.17, 15) is 0 Å². The van der Waals surface area contributed by atoms with Crippen molar-refractivity contribution < 1.29 is 0 Å². The third-order valence-corrected chi connectivity index (χ3v) is 5.50. The van der Waals surface area contributed by atoms with Crippen LogP contribution < -0.4 is 0 Å². The Morgan fingerprint density at radius 2 is 1.95 bits per heavy atom. The summed E-state index contributed by atoms with van der Waals surface area (Å²) in [5, 5.41) is 5.34. The second-order valence-electron chi connectivity index (χ2n) is 6.47. The van der Waals surface area contributed by atoms with Gasteiger partial charge in [0.1, 0.15) is 5.15 Å². The van der Waals surface area contributed by atoms with Gasteiger partial charge in [-0.2, -0.15) is 5.10 Å². The minimum Gasteiger partial charge on any atom is -0.299 e. The van der Waals surface area contributed by atoms with Crippen molar-refractivity contribution in [2.45, 2.75) is 51.6 Å². The average molecular weight is 311 g/mol. The van der Waals surface area contributed by atoms with E-state index in [0.29, 0.717) is 0 Å². The maximum Gasteiger partial charge on any atom is 0.131 e. The van der Waals surface area contributed by atoms with Crippen molar-refractivity contribution >= 4 is 11.6 Å². The lowest BCUT2D eigenvalue weighted by atomic mass is 10.1. The Morgan fingerprint density at radius 1 is 1.19 bits per heavy atom. The van der Waals surface area contributed by atoms with Crippen molar-refractivity contribution in [3.63, 3.8) is 0 Å². The molecule has 0 aliphatic carbocycles. The van der Waals surface area contributed by atoms with Gasteiger partial charge in [0.05, 0.1) is 5.69 Å². The normalized spacial score (nSPS) is 24.8. The number of nitrogens with zero attached hydrogens (tertiary/aromatic N) is 4. The maximum atomic E-state index is 6.42. The van der Waals surface area contributed by atoms with Crippen molar-refractivity contribution in [3.05, 3.63) is 16.4 Å². The van der Waals surface area contributed by atoms with Gasteiger partial charge in [0.15, 0.2) is 0 Å². The van der Waals surface area contributed by atoms with Gasteiger partial charge in [0.2, 0.25) is 0 Å². The van der Waals surface area contributed by atoms with E-state index < -0.39 is 0 Å². The number of rotatable bonds is 4. The molecule has 0 spiro atoms. The van der Waals surface area contributed by atoms with Crippen LogP contribution in [0.15, 0.2) is 0 Å². The van der Waals surface area contributed by atoms with Crippen LogP contribution in [0.5, 0.6) is 0 Å². The fraction of sp³-hybridized carbons (Fsp3) is 0.812. The van der Waals surface area contributed by atoms with Gasteiger partial charge < -0.3 is 0 Å². The van der Waals surface area contributed by atoms with Crippen molar-refractivity contribution in [2.75, 3.05) is 26.2 Å². The van der Waals surface area contributed by atoms with E-state index in [0.717, 1.165) is 29.9 Å². The van der Waals surface area contributed by atoms with Gasteiger partial charge in [-0.15, -0.1) is 0 Å². The van der Waals surface area contributed by atoms with Crippen molar-refractivity contribution in [1.29, 1.82) is 0 Å². The van der Waals surface area contributed by atoms with Gasteiger partial charge in [-0.3, -0.25) is 14.5 Å². The van der Waals surface area contributed by atoms with E-state index in [1.54, 1.807) is 0 Å². The highest BCUT2D eigenvalue weighted by atomic mass is 35.5. The number of aryl methyl sites for hydroxylation is 2. The lowest BCUT2D eigenvalue weighted by molar-refractivity contribution is 0.161. The van der Waals surface area contributed by atoms with Gasteiger partial charge in [0, 0.05) is 38.3 Å². The Labute approximate surface area is 133 Å². The molecule has 0 radical (unpaired) electrons. The molecule has 1 aromatic heterocycles. The Balaban J connectivity index is 1.62. The molecular weight excluding hydrogens is 284 g/mol. The zero-order valence-electron chi connectivity index (χ0n) is 13.3. The molecule has 2 saturated heterocycles. The summed E-state index contributed by atoms with van der Waals surface area (Å²) in [6.07, 6.45) is 6.44. The SMILES string of the molecule is CCc1nn(C)c(Cl)c1CN1CC[C@@H](N2CCCCC2)C1. The summed E-state index contributed by atoms with van der Waals surface area (Å²) in [7, 11) is 1.94. The van der Waals surface area contributed by atoms with Gasteiger partial charge in [-0.25, -0.2) is 0 Å². The van der Waals surface area contributed by atoms with Crippen LogP contribution in [0.1, 0.15) is 43.9 Å². The third-order valence-electron chi connectivity index (χ3n) is 5.02. The molecule has 2 aliphatic heterocycles. The standard InChI is InChI=1S/C16H27ClN4/c1-3-15-14(16(17)19(2)18-15)12-20-10-7-13(11-20)21-8-5-4-6-9-21/h13H,3-12H2,1-2H3/t13-/m1/s1. The minimum atomic E-state index is 0.755. The molecule has 1 atom stereocenters. The van der Waals surface area contributed by atoms with Crippen molar-refractivity contribution in [2.24, 2.45) is 7.05 Å². The third kappa shape index (κ3) is 3.27. The summed E-state index contributed by atoms with van der Waals surface area (Å²) in [5.74, 6) is 0. The Morgan fingerprint density at radius 3 is 2.67 bits per heavy atom. The van der Waals surface area contributed by atoms with Crippen LogP contribution in [-0.4, -0.2) is 51.8 Å². The van der Waals surface area contributed by atoms with Crippen LogP contribution in [-0.2, 0) is 20.0 Å². The predicted molar refractivity (Wildman–Crippen MR) is 86.7 cm³/mol.